The topological polar surface area (TPSA) is 122 Å². The van der Waals surface area contributed by atoms with Crippen LogP contribution in [-0.2, 0) is 29.6 Å². The maximum atomic E-state index is 14.0. The molecular formula is C16H20F7NO7S2. The summed E-state index contributed by atoms with van der Waals surface area (Å²) >= 11 is 0. The lowest BCUT2D eigenvalue weighted by atomic mass is 9.49. The number of hydrogen-bond acceptors (Lipinski definition) is 7. The minimum Gasteiger partial charge on any atom is -0.602 e. The molecule has 1 N–H and O–H groups in total. The molecule has 4 rings (SSSR count). The van der Waals surface area contributed by atoms with E-state index in [2.05, 4.69) is 0 Å². The van der Waals surface area contributed by atoms with Gasteiger partial charge in [-0.05, 0) is 56.3 Å². The average molecular weight is 535 g/mol. The largest absolute Gasteiger partial charge is 0.602 e. The van der Waals surface area contributed by atoms with Crippen LogP contribution in [-0.4, -0.2) is 46.1 Å². The quantitative estimate of drug-likeness (QED) is 0.286. The van der Waals surface area contributed by atoms with Gasteiger partial charge in [0.2, 0.25) is 0 Å². The van der Waals surface area contributed by atoms with Crippen LogP contribution in [0.3, 0.4) is 0 Å². The van der Waals surface area contributed by atoms with Crippen LogP contribution in [0.4, 0.5) is 30.7 Å². The van der Waals surface area contributed by atoms with Crippen LogP contribution in [0.1, 0.15) is 44.9 Å². The van der Waals surface area contributed by atoms with Gasteiger partial charge in [-0.25, -0.2) is 0 Å². The Labute approximate surface area is 184 Å². The van der Waals surface area contributed by atoms with Gasteiger partial charge < -0.3 is 9.94 Å². The van der Waals surface area contributed by atoms with Gasteiger partial charge in [0.15, 0.2) is 0 Å². The lowest BCUT2D eigenvalue weighted by Gasteiger charge is -2.55. The number of carbonyl (C=O) groups is 1. The van der Waals surface area contributed by atoms with E-state index in [9.17, 15) is 57.6 Å². The smallest absolute Gasteiger partial charge is 0.550 e. The Morgan fingerprint density at radius 2 is 1.30 bits per heavy atom. The number of sulfonamides is 2. The maximum Gasteiger partial charge on any atom is 0.550 e. The molecule has 0 aliphatic heterocycles. The Bertz CT molecular complexity index is 975. The summed E-state index contributed by atoms with van der Waals surface area (Å²) < 4.78 is 138. The summed E-state index contributed by atoms with van der Waals surface area (Å²) in [6.45, 7) is -1.42. The number of halogens is 7. The minimum absolute atomic E-state index is 0.251. The molecule has 4 saturated carbocycles. The van der Waals surface area contributed by atoms with Crippen LogP contribution < -0.4 is 3.87 Å². The van der Waals surface area contributed by atoms with E-state index in [1.807, 2.05) is 0 Å². The van der Waals surface area contributed by atoms with E-state index in [1.54, 1.807) is 0 Å². The van der Waals surface area contributed by atoms with Crippen LogP contribution in [0.15, 0.2) is 0 Å². The SMILES string of the molecule is O=C(OCCC(F)(F)C(F)(F)S(=O)(=O)[NH+]([O-])S(=O)(=O)C(F)(F)F)C12CC3CC(CC(C3)C1)C2. The number of nitrogens with one attached hydrogen (secondary N) is 1. The maximum absolute atomic E-state index is 14.0. The molecule has 0 aromatic heterocycles. The van der Waals surface area contributed by atoms with E-state index in [1.165, 1.54) is 0 Å². The highest BCUT2D eigenvalue weighted by atomic mass is 32.3. The molecule has 0 heterocycles. The summed E-state index contributed by atoms with van der Waals surface area (Å²) in [7, 11) is -14.9. The van der Waals surface area contributed by atoms with Gasteiger partial charge in [0.1, 0.15) is 0 Å². The van der Waals surface area contributed by atoms with Gasteiger partial charge in [0, 0.05) is 0 Å². The Balaban J connectivity index is 1.69. The predicted molar refractivity (Wildman–Crippen MR) is 94.3 cm³/mol. The van der Waals surface area contributed by atoms with Crippen LogP contribution in [0.5, 0.6) is 0 Å². The van der Waals surface area contributed by atoms with Crippen LogP contribution in [0.2, 0.25) is 0 Å². The zero-order valence-corrected chi connectivity index (χ0v) is 18.3. The summed E-state index contributed by atoms with van der Waals surface area (Å²) in [6.07, 6.45) is 1.93. The molecular weight excluding hydrogens is 515 g/mol. The molecule has 4 bridgehead atoms. The third-order valence-electron chi connectivity index (χ3n) is 6.63. The number of hydrogen-bond donors (Lipinski definition) is 1. The first-order valence-corrected chi connectivity index (χ1v) is 12.8. The molecule has 4 aliphatic carbocycles. The van der Waals surface area contributed by atoms with Gasteiger partial charge >= 0.3 is 42.7 Å². The minimum atomic E-state index is -7.50. The molecule has 192 valence electrons. The van der Waals surface area contributed by atoms with Crippen LogP contribution >= 0.6 is 0 Å². The number of alkyl halides is 7. The normalized spacial score (nSPS) is 31.5. The van der Waals surface area contributed by atoms with Crippen molar-refractivity contribution >= 4 is 26.0 Å². The number of esters is 1. The van der Waals surface area contributed by atoms with Crippen LogP contribution in [0.25, 0.3) is 0 Å². The number of carbonyl (C=O) groups excluding carboxylic acids is 1. The summed E-state index contributed by atoms with van der Waals surface area (Å²) in [5.74, 6) is -5.87. The van der Waals surface area contributed by atoms with Crippen molar-refractivity contribution in [3.63, 3.8) is 0 Å². The van der Waals surface area contributed by atoms with Crippen molar-refractivity contribution in [2.45, 2.75) is 61.6 Å². The highest BCUT2D eigenvalue weighted by Crippen LogP contribution is 2.60. The fourth-order valence-electron chi connectivity index (χ4n) is 5.47. The second-order valence-corrected chi connectivity index (χ2v) is 13.0. The third kappa shape index (κ3) is 4.22. The molecule has 0 saturated heterocycles. The van der Waals surface area contributed by atoms with E-state index in [4.69, 9.17) is 4.74 Å². The van der Waals surface area contributed by atoms with E-state index >= 15 is 0 Å². The van der Waals surface area contributed by atoms with Gasteiger partial charge in [-0.15, -0.1) is 3.87 Å². The van der Waals surface area contributed by atoms with E-state index in [0.717, 1.165) is 19.3 Å². The molecule has 33 heavy (non-hydrogen) atoms. The standard InChI is InChI=1S/C16H20F7NO7S2/c17-14(18,15(19,20)32(27,28)24(26)33(29,30)16(21,22)23)1-2-31-12(25)13-6-9-3-10(7-13)5-11(4-9)8-13/h9-11,24H,1-8H2. The molecule has 0 spiro atoms. The highest BCUT2D eigenvalue weighted by molar-refractivity contribution is 7.97. The number of quaternary nitrogens is 1. The fraction of sp³-hybridized carbons (Fsp3) is 0.938. The van der Waals surface area contributed by atoms with Crippen molar-refractivity contribution < 1.29 is 61.0 Å². The lowest BCUT2D eigenvalue weighted by molar-refractivity contribution is -0.561. The molecule has 0 amide bonds. The number of ether oxygens (including phenoxy) is 1. The van der Waals surface area contributed by atoms with Gasteiger partial charge in [-0.1, -0.05) is 0 Å². The molecule has 1 unspecified atom stereocenters. The van der Waals surface area contributed by atoms with Crippen LogP contribution in [0, 0.1) is 28.4 Å². The molecule has 8 nitrogen and oxygen atoms in total. The Hall–Kier alpha value is -1.20. The molecule has 0 aromatic carbocycles. The second kappa shape index (κ2) is 7.91. The first-order chi connectivity index (χ1) is 14.8. The van der Waals surface area contributed by atoms with Crippen molar-refractivity contribution in [3.8, 4) is 0 Å². The second-order valence-electron chi connectivity index (χ2n) is 9.01. The van der Waals surface area contributed by atoms with Crippen molar-refractivity contribution in [3.05, 3.63) is 5.21 Å². The molecule has 0 aromatic rings. The molecule has 0 radical (unpaired) electrons. The molecule has 4 fully saturated rings. The predicted octanol–water partition coefficient (Wildman–Crippen LogP) is 1.93. The van der Waals surface area contributed by atoms with Gasteiger partial charge in [-0.2, -0.15) is 47.6 Å². The molecule has 17 heteroatoms. The summed E-state index contributed by atoms with van der Waals surface area (Å²) in [4.78, 5) is 12.5. The van der Waals surface area contributed by atoms with E-state index in [-0.39, 0.29) is 17.8 Å². The number of rotatable bonds is 8. The third-order valence-corrected chi connectivity index (χ3v) is 10.4. The monoisotopic (exact) mass is 535 g/mol. The molecule has 4 aliphatic rings. The zero-order chi connectivity index (χ0) is 25.3. The highest BCUT2D eigenvalue weighted by Gasteiger charge is 2.72. The van der Waals surface area contributed by atoms with Gasteiger partial charge in [0.05, 0.1) is 18.4 Å². The van der Waals surface area contributed by atoms with E-state index in [0.29, 0.717) is 19.3 Å². The van der Waals surface area contributed by atoms with Crippen molar-refractivity contribution in [2.24, 2.45) is 23.2 Å². The van der Waals surface area contributed by atoms with Gasteiger partial charge in [0.25, 0.3) is 0 Å². The average Bonchev–Trinajstić information content (AvgIpc) is 2.64. The van der Waals surface area contributed by atoms with Gasteiger partial charge in [-0.3, -0.25) is 4.79 Å². The Morgan fingerprint density at radius 1 is 0.879 bits per heavy atom. The van der Waals surface area contributed by atoms with E-state index < -0.39 is 65.0 Å². The summed E-state index contributed by atoms with van der Waals surface area (Å²) in [5, 5.41) is 4.66. The fourth-order valence-corrected chi connectivity index (χ4v) is 8.12. The van der Waals surface area contributed by atoms with Crippen molar-refractivity contribution in [1.82, 2.24) is 0 Å². The lowest BCUT2D eigenvalue weighted by Crippen LogP contribution is -3.14. The summed E-state index contributed by atoms with van der Waals surface area (Å²) in [6, 6.07) is 0. The Kier molecular flexibility index (Phi) is 6.33. The zero-order valence-electron chi connectivity index (χ0n) is 16.7. The Morgan fingerprint density at radius 3 is 1.70 bits per heavy atom. The molecule has 1 atom stereocenters. The van der Waals surface area contributed by atoms with Crippen molar-refractivity contribution in [1.29, 1.82) is 0 Å². The first-order valence-electron chi connectivity index (χ1n) is 9.80. The summed E-state index contributed by atoms with van der Waals surface area (Å²) in [5.41, 5.74) is -7.55. The van der Waals surface area contributed by atoms with Crippen molar-refractivity contribution in [2.75, 3.05) is 6.61 Å². The first kappa shape index (κ1) is 26.4.